The van der Waals surface area contributed by atoms with Crippen LogP contribution >= 0.6 is 0 Å². The molecule has 25 heavy (non-hydrogen) atoms. The van der Waals surface area contributed by atoms with E-state index >= 15 is 0 Å². The van der Waals surface area contributed by atoms with E-state index < -0.39 is 12.0 Å². The lowest BCUT2D eigenvalue weighted by atomic mass is 10.0. The van der Waals surface area contributed by atoms with Gasteiger partial charge in [-0.15, -0.1) is 0 Å². The molecule has 1 unspecified atom stereocenters. The van der Waals surface area contributed by atoms with E-state index in [0.29, 0.717) is 19.5 Å². The molecule has 0 aromatic heterocycles. The number of carbonyl (C=O) groups excluding carboxylic acids is 2. The van der Waals surface area contributed by atoms with Crippen LogP contribution in [0.1, 0.15) is 37.7 Å². The molecule has 5 N–H and O–H groups in total. The molecule has 1 aromatic rings. The number of amides is 2. The first kappa shape index (κ1) is 20.6. The predicted molar refractivity (Wildman–Crippen MR) is 94.9 cm³/mol. The Kier molecular flexibility index (Phi) is 9.92. The highest BCUT2D eigenvalue weighted by atomic mass is 16.4. The summed E-state index contributed by atoms with van der Waals surface area (Å²) in [5.41, 5.74) is 6.37. The minimum Gasteiger partial charge on any atom is -0.481 e. The van der Waals surface area contributed by atoms with Gasteiger partial charge in [-0.3, -0.25) is 14.4 Å². The molecule has 7 nitrogen and oxygen atoms in total. The van der Waals surface area contributed by atoms with Gasteiger partial charge in [0.25, 0.3) is 0 Å². The Morgan fingerprint density at radius 2 is 1.76 bits per heavy atom. The Balaban J connectivity index is 2.58. The van der Waals surface area contributed by atoms with Crippen molar-refractivity contribution in [1.29, 1.82) is 0 Å². The standard InChI is InChI=1S/C18H27N3O4/c19-11-4-5-12-20-18(25)15(13-14-7-2-1-3-8-14)21-16(22)9-6-10-17(23)24/h1-3,7-8,15H,4-6,9-13,19H2,(H,20,25)(H,21,22)(H,23,24). The van der Waals surface area contributed by atoms with Gasteiger partial charge < -0.3 is 21.5 Å². The van der Waals surface area contributed by atoms with Crippen LogP contribution in [0.2, 0.25) is 0 Å². The number of carbonyl (C=O) groups is 3. The van der Waals surface area contributed by atoms with Crippen molar-refractivity contribution in [2.75, 3.05) is 13.1 Å². The van der Waals surface area contributed by atoms with Crippen molar-refractivity contribution in [3.05, 3.63) is 35.9 Å². The fourth-order valence-corrected chi connectivity index (χ4v) is 2.33. The summed E-state index contributed by atoms with van der Waals surface area (Å²) >= 11 is 0. The van der Waals surface area contributed by atoms with Crippen molar-refractivity contribution in [2.24, 2.45) is 5.73 Å². The summed E-state index contributed by atoms with van der Waals surface area (Å²) in [5.74, 6) is -1.50. The molecule has 0 aliphatic rings. The molecular weight excluding hydrogens is 322 g/mol. The zero-order valence-electron chi connectivity index (χ0n) is 14.4. The molecule has 0 aliphatic heterocycles. The van der Waals surface area contributed by atoms with E-state index in [1.807, 2.05) is 30.3 Å². The molecule has 0 saturated heterocycles. The molecule has 7 heteroatoms. The quantitative estimate of drug-likeness (QED) is 0.416. The second-order valence-corrected chi connectivity index (χ2v) is 5.84. The van der Waals surface area contributed by atoms with Crippen molar-refractivity contribution in [3.63, 3.8) is 0 Å². The molecule has 138 valence electrons. The number of rotatable bonds is 12. The average molecular weight is 349 g/mol. The topological polar surface area (TPSA) is 122 Å². The summed E-state index contributed by atoms with van der Waals surface area (Å²) in [6.07, 6.45) is 2.25. The molecule has 2 amide bonds. The third-order valence-electron chi connectivity index (χ3n) is 3.66. The molecule has 1 atom stereocenters. The van der Waals surface area contributed by atoms with E-state index in [-0.39, 0.29) is 31.1 Å². The van der Waals surface area contributed by atoms with Gasteiger partial charge in [-0.1, -0.05) is 30.3 Å². The van der Waals surface area contributed by atoms with Gasteiger partial charge in [0, 0.05) is 25.8 Å². The van der Waals surface area contributed by atoms with E-state index in [4.69, 9.17) is 10.8 Å². The van der Waals surface area contributed by atoms with Crippen LogP contribution in [0.5, 0.6) is 0 Å². The number of carboxylic acid groups (broad SMARTS) is 1. The minimum atomic E-state index is -0.939. The minimum absolute atomic E-state index is 0.0674. The largest absolute Gasteiger partial charge is 0.481 e. The maximum atomic E-state index is 12.4. The van der Waals surface area contributed by atoms with Gasteiger partial charge in [0.05, 0.1) is 0 Å². The molecule has 0 radical (unpaired) electrons. The maximum absolute atomic E-state index is 12.4. The van der Waals surface area contributed by atoms with E-state index in [0.717, 1.165) is 18.4 Å². The molecular formula is C18H27N3O4. The van der Waals surface area contributed by atoms with Gasteiger partial charge in [-0.25, -0.2) is 0 Å². The Morgan fingerprint density at radius 3 is 2.40 bits per heavy atom. The Bertz CT molecular complexity index is 549. The first-order valence-electron chi connectivity index (χ1n) is 8.55. The van der Waals surface area contributed by atoms with Crippen LogP contribution in [0, 0.1) is 0 Å². The van der Waals surface area contributed by atoms with Crippen LogP contribution in [-0.2, 0) is 20.8 Å². The van der Waals surface area contributed by atoms with Crippen LogP contribution in [0.15, 0.2) is 30.3 Å². The average Bonchev–Trinajstić information content (AvgIpc) is 2.58. The van der Waals surface area contributed by atoms with E-state index in [9.17, 15) is 14.4 Å². The molecule has 0 saturated carbocycles. The van der Waals surface area contributed by atoms with Gasteiger partial charge in [0.2, 0.25) is 11.8 Å². The predicted octanol–water partition coefficient (Wildman–Crippen LogP) is 0.824. The second-order valence-electron chi connectivity index (χ2n) is 5.84. The number of hydrogen-bond donors (Lipinski definition) is 4. The van der Waals surface area contributed by atoms with Crippen LogP contribution in [0.3, 0.4) is 0 Å². The van der Waals surface area contributed by atoms with Crippen molar-refractivity contribution in [1.82, 2.24) is 10.6 Å². The summed E-state index contributed by atoms with van der Waals surface area (Å²) in [6.45, 7) is 1.08. The van der Waals surface area contributed by atoms with E-state index in [1.165, 1.54) is 0 Å². The van der Waals surface area contributed by atoms with E-state index in [2.05, 4.69) is 10.6 Å². The fraction of sp³-hybridized carbons (Fsp3) is 0.500. The van der Waals surface area contributed by atoms with Crippen LogP contribution in [0.25, 0.3) is 0 Å². The first-order valence-corrected chi connectivity index (χ1v) is 8.55. The smallest absolute Gasteiger partial charge is 0.303 e. The SMILES string of the molecule is NCCCCNC(=O)C(Cc1ccccc1)NC(=O)CCCC(=O)O. The third kappa shape index (κ3) is 9.46. The lowest BCUT2D eigenvalue weighted by Crippen LogP contribution is -2.48. The number of nitrogens with two attached hydrogens (primary N) is 1. The van der Waals surface area contributed by atoms with Gasteiger partial charge in [-0.2, -0.15) is 0 Å². The monoisotopic (exact) mass is 349 g/mol. The number of carboxylic acids is 1. The molecule has 0 heterocycles. The highest BCUT2D eigenvalue weighted by Crippen LogP contribution is 2.05. The Hall–Kier alpha value is -2.41. The van der Waals surface area contributed by atoms with Crippen molar-refractivity contribution < 1.29 is 19.5 Å². The van der Waals surface area contributed by atoms with Crippen LogP contribution in [0.4, 0.5) is 0 Å². The molecule has 1 rings (SSSR count). The number of hydrogen-bond acceptors (Lipinski definition) is 4. The molecule has 0 spiro atoms. The number of benzene rings is 1. The van der Waals surface area contributed by atoms with Gasteiger partial charge in [-0.05, 0) is 31.4 Å². The number of aliphatic carboxylic acids is 1. The van der Waals surface area contributed by atoms with E-state index in [1.54, 1.807) is 0 Å². The summed E-state index contributed by atoms with van der Waals surface area (Å²) in [7, 11) is 0. The molecule has 0 fully saturated rings. The zero-order valence-corrected chi connectivity index (χ0v) is 14.4. The Labute approximate surface area is 148 Å². The highest BCUT2D eigenvalue weighted by Gasteiger charge is 2.20. The summed E-state index contributed by atoms with van der Waals surface area (Å²) < 4.78 is 0. The number of unbranched alkanes of at least 4 members (excludes halogenated alkanes) is 1. The van der Waals surface area contributed by atoms with Gasteiger partial charge in [0.1, 0.15) is 6.04 Å². The molecule has 1 aromatic carbocycles. The normalized spacial score (nSPS) is 11.6. The van der Waals surface area contributed by atoms with Crippen molar-refractivity contribution in [3.8, 4) is 0 Å². The summed E-state index contributed by atoms with van der Waals surface area (Å²) in [6, 6.07) is 8.74. The second kappa shape index (κ2) is 12.0. The zero-order chi connectivity index (χ0) is 18.5. The molecule has 0 aliphatic carbocycles. The highest BCUT2D eigenvalue weighted by molar-refractivity contribution is 5.88. The van der Waals surface area contributed by atoms with Gasteiger partial charge in [0.15, 0.2) is 0 Å². The first-order chi connectivity index (χ1) is 12.0. The lowest BCUT2D eigenvalue weighted by molar-refractivity contribution is -0.137. The lowest BCUT2D eigenvalue weighted by Gasteiger charge is -2.18. The maximum Gasteiger partial charge on any atom is 0.303 e. The van der Waals surface area contributed by atoms with Crippen LogP contribution in [-0.4, -0.2) is 42.0 Å². The third-order valence-corrected chi connectivity index (χ3v) is 3.66. The summed E-state index contributed by atoms with van der Waals surface area (Å²) in [4.78, 5) is 34.9. The van der Waals surface area contributed by atoms with Gasteiger partial charge >= 0.3 is 5.97 Å². The fourth-order valence-electron chi connectivity index (χ4n) is 2.33. The van der Waals surface area contributed by atoms with Crippen LogP contribution < -0.4 is 16.4 Å². The van der Waals surface area contributed by atoms with Crippen molar-refractivity contribution >= 4 is 17.8 Å². The Morgan fingerprint density at radius 1 is 1.04 bits per heavy atom. The van der Waals surface area contributed by atoms with Crippen molar-refractivity contribution in [2.45, 2.75) is 44.6 Å². The molecule has 0 bridgehead atoms. The number of nitrogens with one attached hydrogen (secondary N) is 2. The summed E-state index contributed by atoms with van der Waals surface area (Å²) in [5, 5.41) is 14.2.